The summed E-state index contributed by atoms with van der Waals surface area (Å²) in [5, 5.41) is 3.17. The van der Waals surface area contributed by atoms with Gasteiger partial charge in [-0.2, -0.15) is 41.9 Å². The normalized spacial score (nSPS) is 15.3. The third-order valence-corrected chi connectivity index (χ3v) is 8.43. The van der Waals surface area contributed by atoms with Gasteiger partial charge in [-0.1, -0.05) is 65.7 Å². The summed E-state index contributed by atoms with van der Waals surface area (Å²) in [6.07, 6.45) is 8.14. The van der Waals surface area contributed by atoms with Gasteiger partial charge in [0.15, 0.2) is 0 Å². The average Bonchev–Trinajstić information content (AvgIpc) is 3.78. The molecule has 5 nitrogen and oxygen atoms in total. The summed E-state index contributed by atoms with van der Waals surface area (Å²) < 4.78 is 0. The molecule has 0 unspecified atom stereocenters. The molecule has 210 valence electrons. The second-order valence-electron chi connectivity index (χ2n) is 10.7. The number of nitrogens with one attached hydrogen (secondary N) is 1. The van der Waals surface area contributed by atoms with Crippen molar-refractivity contribution in [3.8, 4) is 22.3 Å². The predicted octanol–water partition coefficient (Wildman–Crippen LogP) is 6.11. The summed E-state index contributed by atoms with van der Waals surface area (Å²) in [7, 11) is 0. The minimum atomic E-state index is -0.0870. The van der Waals surface area contributed by atoms with Crippen LogP contribution in [-0.2, 0) is 20.4 Å². The molecule has 0 spiro atoms. The van der Waals surface area contributed by atoms with Crippen LogP contribution in [-0.4, -0.2) is 6.85 Å². The molecule has 0 bridgehead atoms. The van der Waals surface area contributed by atoms with Crippen molar-refractivity contribution < 1.29 is 20.4 Å². The van der Waals surface area contributed by atoms with Crippen molar-refractivity contribution >= 4 is 46.2 Å². The molecule has 5 aromatic rings. The average molecular weight is 644 g/mol. The minimum Gasteiger partial charge on any atom is -0.521 e. The van der Waals surface area contributed by atoms with Crippen molar-refractivity contribution in [3.63, 3.8) is 0 Å². The molecule has 7 heteroatoms. The van der Waals surface area contributed by atoms with E-state index in [1.54, 1.807) is 0 Å². The third kappa shape index (κ3) is 4.04. The maximum Gasteiger partial charge on any atom is 0.278 e. The van der Waals surface area contributed by atoms with Crippen molar-refractivity contribution in [1.29, 1.82) is 0 Å². The Morgan fingerprint density at radius 2 is 1.14 bits per heavy atom. The Balaban J connectivity index is 0.00000278. The number of benzene rings is 5. The van der Waals surface area contributed by atoms with Gasteiger partial charge in [0.25, 0.3) is 6.85 Å². The summed E-state index contributed by atoms with van der Waals surface area (Å²) in [5.74, 6) is 0. The summed E-state index contributed by atoms with van der Waals surface area (Å²) >= 11 is 0. The van der Waals surface area contributed by atoms with Gasteiger partial charge in [0.2, 0.25) is 0 Å². The Labute approximate surface area is 266 Å². The van der Waals surface area contributed by atoms with Gasteiger partial charge in [-0.15, -0.1) is 41.3 Å². The van der Waals surface area contributed by atoms with E-state index in [0.717, 1.165) is 28.0 Å². The van der Waals surface area contributed by atoms with Crippen molar-refractivity contribution in [2.75, 3.05) is 19.5 Å². The molecular weight excluding hydrogens is 620 g/mol. The van der Waals surface area contributed by atoms with Crippen LogP contribution in [0.1, 0.15) is 0 Å². The van der Waals surface area contributed by atoms with E-state index in [-0.39, 0.29) is 27.3 Å². The predicted molar refractivity (Wildman–Crippen MR) is 172 cm³/mol. The summed E-state index contributed by atoms with van der Waals surface area (Å²) in [6.45, 7) is 3.98. The molecule has 0 atom stereocenters. The van der Waals surface area contributed by atoms with Gasteiger partial charge in [-0.3, -0.25) is 0 Å². The van der Waals surface area contributed by atoms with Crippen LogP contribution in [0.2, 0.25) is 0 Å². The Kier molecular flexibility index (Phi) is 6.18. The van der Waals surface area contributed by atoms with Gasteiger partial charge in [0, 0.05) is 37.5 Å². The SMILES string of the molecule is [Pd].[c-]1c(N2C=CN[CH-]2)ccc2c1B1c3[c-]c(N4C=CN(c5ccccc5)[CH-]4)ccc3-c3ccccc3N1c1ccccc1-2. The van der Waals surface area contributed by atoms with E-state index in [0.29, 0.717) is 0 Å². The first-order chi connectivity index (χ1) is 20.8. The Bertz CT molecular complexity index is 1920. The van der Waals surface area contributed by atoms with E-state index in [4.69, 9.17) is 0 Å². The molecular formula is C36H24BN5Pd-4. The van der Waals surface area contributed by atoms with Crippen molar-refractivity contribution in [2.45, 2.75) is 0 Å². The van der Waals surface area contributed by atoms with Crippen LogP contribution in [0.15, 0.2) is 128 Å². The summed E-state index contributed by atoms with van der Waals surface area (Å²) in [4.78, 5) is 8.84. The number of fused-ring (bicyclic) bond motifs is 11. The number of hydrogen-bond acceptors (Lipinski definition) is 5. The first kappa shape index (κ1) is 26.0. The fourth-order valence-electron chi connectivity index (χ4n) is 6.52. The topological polar surface area (TPSA) is 25.0 Å². The summed E-state index contributed by atoms with van der Waals surface area (Å²) in [6, 6.07) is 44.4. The number of para-hydroxylation sites is 3. The van der Waals surface area contributed by atoms with Gasteiger partial charge < -0.3 is 24.8 Å². The second kappa shape index (κ2) is 10.2. The van der Waals surface area contributed by atoms with Crippen LogP contribution in [0.4, 0.5) is 28.4 Å². The zero-order valence-electron chi connectivity index (χ0n) is 23.0. The zero-order valence-corrected chi connectivity index (χ0v) is 24.5. The van der Waals surface area contributed by atoms with Gasteiger partial charge in [0.1, 0.15) is 0 Å². The van der Waals surface area contributed by atoms with E-state index in [2.05, 4.69) is 153 Å². The van der Waals surface area contributed by atoms with E-state index in [9.17, 15) is 0 Å². The molecule has 5 aromatic carbocycles. The van der Waals surface area contributed by atoms with Gasteiger partial charge in [0.05, 0.1) is 0 Å². The van der Waals surface area contributed by atoms with Gasteiger partial charge >= 0.3 is 0 Å². The van der Waals surface area contributed by atoms with Crippen molar-refractivity contribution in [3.05, 3.63) is 153 Å². The smallest absolute Gasteiger partial charge is 0.278 e. The number of anilines is 5. The Morgan fingerprint density at radius 3 is 1.77 bits per heavy atom. The number of nitrogens with zero attached hydrogens (tertiary/aromatic N) is 4. The molecule has 0 saturated heterocycles. The van der Waals surface area contributed by atoms with E-state index >= 15 is 0 Å². The fourth-order valence-corrected chi connectivity index (χ4v) is 6.52. The molecule has 0 fully saturated rings. The second-order valence-corrected chi connectivity index (χ2v) is 10.7. The molecule has 0 saturated carbocycles. The molecule has 0 aliphatic carbocycles. The first-order valence-corrected chi connectivity index (χ1v) is 14.1. The molecule has 9 rings (SSSR count). The summed E-state index contributed by atoms with van der Waals surface area (Å²) in [5.41, 5.74) is 12.7. The standard InChI is InChI=1S/C36H24BN5.Pd/c1-2-8-26(9-3-1)40-20-21-41(25-40)28-15-17-30-32-11-5-7-13-36(32)42-35-12-6-4-10-31(35)29-16-14-27(39-19-18-38-24-39)22-33(29)37(42)34(30)23-28;/h1-21,24-25,38H;/q-4;. The van der Waals surface area contributed by atoms with Gasteiger partial charge in [-0.25, -0.2) is 0 Å². The molecule has 0 aromatic heterocycles. The zero-order chi connectivity index (χ0) is 27.6. The van der Waals surface area contributed by atoms with Crippen molar-refractivity contribution in [1.82, 2.24) is 5.32 Å². The quantitative estimate of drug-likeness (QED) is 0.189. The number of hydrogen-bond donors (Lipinski definition) is 1. The van der Waals surface area contributed by atoms with E-state index in [1.807, 2.05) is 25.1 Å². The van der Waals surface area contributed by atoms with E-state index < -0.39 is 0 Å². The maximum atomic E-state index is 3.89. The molecule has 0 radical (unpaired) electrons. The van der Waals surface area contributed by atoms with Crippen LogP contribution in [0.5, 0.6) is 0 Å². The minimum absolute atomic E-state index is 0. The van der Waals surface area contributed by atoms with E-state index in [1.165, 1.54) is 33.6 Å². The van der Waals surface area contributed by atoms with Crippen LogP contribution >= 0.6 is 0 Å². The fraction of sp³-hybridized carbons (Fsp3) is 0. The molecule has 4 aliphatic rings. The molecule has 1 N–H and O–H groups in total. The van der Waals surface area contributed by atoms with Crippen LogP contribution < -0.4 is 35.8 Å². The monoisotopic (exact) mass is 643 g/mol. The molecule has 0 amide bonds. The molecule has 4 aliphatic heterocycles. The molecule has 43 heavy (non-hydrogen) atoms. The number of rotatable bonds is 3. The molecule has 4 heterocycles. The first-order valence-electron chi connectivity index (χ1n) is 14.1. The Hall–Kier alpha value is -4.69. The van der Waals surface area contributed by atoms with Crippen LogP contribution in [0, 0.1) is 25.5 Å². The third-order valence-electron chi connectivity index (χ3n) is 8.43. The van der Waals surface area contributed by atoms with Crippen LogP contribution in [0.3, 0.4) is 0 Å². The Morgan fingerprint density at radius 1 is 0.558 bits per heavy atom. The maximum absolute atomic E-state index is 3.89. The van der Waals surface area contributed by atoms with Gasteiger partial charge in [-0.05, 0) is 49.1 Å². The largest absolute Gasteiger partial charge is 0.521 e. The van der Waals surface area contributed by atoms with Crippen LogP contribution in [0.25, 0.3) is 22.3 Å². The van der Waals surface area contributed by atoms with Crippen molar-refractivity contribution in [2.24, 2.45) is 0 Å².